The van der Waals surface area contributed by atoms with Crippen LogP contribution in [0, 0.1) is 0 Å². The van der Waals surface area contributed by atoms with Gasteiger partial charge in [-0.15, -0.1) is 0 Å². The summed E-state index contributed by atoms with van der Waals surface area (Å²) in [5.41, 5.74) is 3.41. The van der Waals surface area contributed by atoms with Gasteiger partial charge in [0.2, 0.25) is 5.89 Å². The fraction of sp³-hybridized carbons (Fsp3) is 0.273. The van der Waals surface area contributed by atoms with Crippen molar-refractivity contribution in [2.45, 2.75) is 18.9 Å². The van der Waals surface area contributed by atoms with Gasteiger partial charge in [0.05, 0.1) is 18.9 Å². The summed E-state index contributed by atoms with van der Waals surface area (Å²) in [5, 5.41) is 17.0. The molecule has 0 saturated carbocycles. The zero-order valence-electron chi connectivity index (χ0n) is 16.6. The maximum Gasteiger partial charge on any atom is 0.254 e. The van der Waals surface area contributed by atoms with Crippen LogP contribution < -0.4 is 0 Å². The quantitative estimate of drug-likeness (QED) is 0.632. The van der Waals surface area contributed by atoms with Gasteiger partial charge in [0.25, 0.3) is 5.91 Å². The summed E-state index contributed by atoms with van der Waals surface area (Å²) >= 11 is 0. The number of hydrogen-bond acceptors (Lipinski definition) is 7. The predicted molar refractivity (Wildman–Crippen MR) is 110 cm³/mol. The molecule has 3 aromatic rings. The number of likely N-dealkylation sites (tertiary alicyclic amines) is 1. The van der Waals surface area contributed by atoms with Gasteiger partial charge in [0, 0.05) is 18.4 Å². The molecular formula is C22H22N4O4. The summed E-state index contributed by atoms with van der Waals surface area (Å²) in [4.78, 5) is 24.2. The second kappa shape index (κ2) is 8.87. The smallest absolute Gasteiger partial charge is 0.254 e. The number of amides is 1. The SMILES string of the molecule is CON=C1C[C@@H](c2nc(CCO)no2)N(C(=O)c2ccc(-c3ccccc3)cc2)C1. The Morgan fingerprint density at radius 3 is 2.63 bits per heavy atom. The molecule has 0 aliphatic carbocycles. The normalized spacial score (nSPS) is 17.5. The van der Waals surface area contributed by atoms with E-state index in [9.17, 15) is 4.79 Å². The minimum Gasteiger partial charge on any atom is -0.399 e. The van der Waals surface area contributed by atoms with Crippen molar-refractivity contribution in [1.29, 1.82) is 0 Å². The molecule has 1 fully saturated rings. The van der Waals surface area contributed by atoms with Crippen molar-refractivity contribution in [3.8, 4) is 11.1 Å². The Kier molecular flexibility index (Phi) is 5.85. The van der Waals surface area contributed by atoms with Gasteiger partial charge in [0.15, 0.2) is 5.82 Å². The Balaban J connectivity index is 1.59. The molecule has 0 spiro atoms. The molecule has 2 aromatic carbocycles. The number of rotatable bonds is 6. The molecule has 8 heteroatoms. The largest absolute Gasteiger partial charge is 0.399 e. The van der Waals surface area contributed by atoms with Crippen LogP contribution in [0.5, 0.6) is 0 Å². The summed E-state index contributed by atoms with van der Waals surface area (Å²) in [6, 6.07) is 17.1. The second-order valence-electron chi connectivity index (χ2n) is 6.96. The second-order valence-corrected chi connectivity index (χ2v) is 6.96. The molecule has 2 heterocycles. The molecule has 4 rings (SSSR count). The number of hydrogen-bond donors (Lipinski definition) is 1. The number of oxime groups is 1. The Morgan fingerprint density at radius 2 is 1.93 bits per heavy atom. The topological polar surface area (TPSA) is 101 Å². The zero-order valence-corrected chi connectivity index (χ0v) is 16.6. The lowest BCUT2D eigenvalue weighted by Gasteiger charge is -2.21. The summed E-state index contributed by atoms with van der Waals surface area (Å²) < 4.78 is 5.36. The van der Waals surface area contributed by atoms with Gasteiger partial charge in [-0.25, -0.2) is 0 Å². The summed E-state index contributed by atoms with van der Waals surface area (Å²) in [7, 11) is 1.47. The van der Waals surface area contributed by atoms with Crippen LogP contribution in [0.1, 0.15) is 34.5 Å². The number of aliphatic hydroxyl groups excluding tert-OH is 1. The first-order valence-electron chi connectivity index (χ1n) is 9.68. The van der Waals surface area contributed by atoms with Gasteiger partial charge < -0.3 is 19.4 Å². The van der Waals surface area contributed by atoms with E-state index in [0.717, 1.165) is 16.8 Å². The van der Waals surface area contributed by atoms with E-state index in [1.54, 1.807) is 4.90 Å². The third-order valence-electron chi connectivity index (χ3n) is 4.98. The van der Waals surface area contributed by atoms with Crippen molar-refractivity contribution < 1.29 is 19.3 Å². The fourth-order valence-electron chi connectivity index (χ4n) is 3.54. The Bertz CT molecular complexity index is 1030. The van der Waals surface area contributed by atoms with Crippen molar-refractivity contribution in [3.63, 3.8) is 0 Å². The first-order valence-corrected chi connectivity index (χ1v) is 9.68. The highest BCUT2D eigenvalue weighted by Crippen LogP contribution is 2.32. The Labute approximate surface area is 173 Å². The van der Waals surface area contributed by atoms with Crippen LogP contribution in [-0.4, -0.2) is 52.0 Å². The van der Waals surface area contributed by atoms with Crippen LogP contribution in [0.25, 0.3) is 11.1 Å². The molecule has 1 atom stereocenters. The lowest BCUT2D eigenvalue weighted by atomic mass is 10.0. The summed E-state index contributed by atoms with van der Waals surface area (Å²) in [6.45, 7) is 0.242. The summed E-state index contributed by atoms with van der Waals surface area (Å²) in [5.74, 6) is 0.584. The van der Waals surface area contributed by atoms with Crippen LogP contribution in [0.2, 0.25) is 0 Å². The number of aromatic nitrogens is 2. The molecule has 1 amide bonds. The standard InChI is InChI=1S/C22H22N4O4/c1-29-24-18-13-19(21-23-20(11-12-27)25-30-21)26(14-18)22(28)17-9-7-16(8-10-17)15-5-3-2-4-6-15/h2-10,19,27H,11-14H2,1H3/t19-/m0/s1. The van der Waals surface area contributed by atoms with E-state index in [2.05, 4.69) is 15.3 Å². The van der Waals surface area contributed by atoms with Gasteiger partial charge in [-0.3, -0.25) is 4.79 Å². The maximum atomic E-state index is 13.3. The highest BCUT2D eigenvalue weighted by Gasteiger charge is 2.38. The molecule has 8 nitrogen and oxygen atoms in total. The molecule has 1 saturated heterocycles. The fourth-order valence-corrected chi connectivity index (χ4v) is 3.54. The lowest BCUT2D eigenvalue weighted by Crippen LogP contribution is -2.31. The van der Waals surface area contributed by atoms with Crippen molar-refractivity contribution in [2.24, 2.45) is 5.16 Å². The molecule has 0 bridgehead atoms. The van der Waals surface area contributed by atoms with Crippen LogP contribution >= 0.6 is 0 Å². The number of aliphatic hydroxyl groups is 1. The number of benzene rings is 2. The van der Waals surface area contributed by atoms with Crippen molar-refractivity contribution in [1.82, 2.24) is 15.0 Å². The zero-order chi connectivity index (χ0) is 20.9. The molecule has 154 valence electrons. The minimum absolute atomic E-state index is 0.0730. The third kappa shape index (κ3) is 4.08. The molecule has 1 aliphatic heterocycles. The number of nitrogens with zero attached hydrogens (tertiary/aromatic N) is 4. The average Bonchev–Trinajstić information content (AvgIpc) is 3.42. The van der Waals surface area contributed by atoms with E-state index < -0.39 is 6.04 Å². The van der Waals surface area contributed by atoms with E-state index in [1.165, 1.54) is 7.11 Å². The van der Waals surface area contributed by atoms with Crippen LogP contribution in [0.4, 0.5) is 0 Å². The number of carbonyl (C=O) groups excluding carboxylic acids is 1. The molecule has 1 N–H and O–H groups in total. The van der Waals surface area contributed by atoms with Crippen LogP contribution in [0.3, 0.4) is 0 Å². The van der Waals surface area contributed by atoms with E-state index in [1.807, 2.05) is 54.6 Å². The minimum atomic E-state index is -0.430. The molecule has 0 radical (unpaired) electrons. The van der Waals surface area contributed by atoms with Gasteiger partial charge in [-0.2, -0.15) is 4.98 Å². The van der Waals surface area contributed by atoms with E-state index in [0.29, 0.717) is 36.7 Å². The van der Waals surface area contributed by atoms with Crippen molar-refractivity contribution in [2.75, 3.05) is 20.3 Å². The average molecular weight is 406 g/mol. The molecule has 30 heavy (non-hydrogen) atoms. The lowest BCUT2D eigenvalue weighted by molar-refractivity contribution is 0.0713. The van der Waals surface area contributed by atoms with Crippen LogP contribution in [-0.2, 0) is 11.3 Å². The monoisotopic (exact) mass is 406 g/mol. The van der Waals surface area contributed by atoms with E-state index >= 15 is 0 Å². The molecule has 1 aromatic heterocycles. The highest BCUT2D eigenvalue weighted by molar-refractivity contribution is 6.00. The van der Waals surface area contributed by atoms with Crippen molar-refractivity contribution in [3.05, 3.63) is 71.9 Å². The Morgan fingerprint density at radius 1 is 1.20 bits per heavy atom. The van der Waals surface area contributed by atoms with Crippen molar-refractivity contribution >= 4 is 11.6 Å². The number of carbonyl (C=O) groups is 1. The first-order chi connectivity index (χ1) is 14.7. The predicted octanol–water partition coefficient (Wildman–Crippen LogP) is 2.86. The van der Waals surface area contributed by atoms with Gasteiger partial charge >= 0.3 is 0 Å². The highest BCUT2D eigenvalue weighted by atomic mass is 16.6. The third-order valence-corrected chi connectivity index (χ3v) is 4.98. The molecule has 1 aliphatic rings. The van der Waals surface area contributed by atoms with Crippen LogP contribution in [0.15, 0.2) is 64.3 Å². The summed E-state index contributed by atoms with van der Waals surface area (Å²) in [6.07, 6.45) is 0.743. The first kappa shape index (κ1) is 19.8. The molecular weight excluding hydrogens is 384 g/mol. The molecule has 0 unspecified atom stereocenters. The van der Waals surface area contributed by atoms with Gasteiger partial charge in [-0.05, 0) is 23.3 Å². The van der Waals surface area contributed by atoms with Gasteiger partial charge in [0.1, 0.15) is 13.2 Å². The van der Waals surface area contributed by atoms with E-state index in [-0.39, 0.29) is 12.5 Å². The Hall–Kier alpha value is -3.52. The van der Waals surface area contributed by atoms with E-state index in [4.69, 9.17) is 14.5 Å². The van der Waals surface area contributed by atoms with Gasteiger partial charge in [-0.1, -0.05) is 52.8 Å². The maximum absolute atomic E-state index is 13.3.